The number of amides is 3. The Morgan fingerprint density at radius 1 is 1.00 bits per heavy atom. The largest absolute Gasteiger partial charge is 0.322 e. The summed E-state index contributed by atoms with van der Waals surface area (Å²) < 4.78 is 1.02. The van der Waals surface area contributed by atoms with Crippen LogP contribution in [0.25, 0.3) is 0 Å². The number of halogens is 1. The number of hydrogen-bond donors (Lipinski definition) is 1. The van der Waals surface area contributed by atoms with Crippen molar-refractivity contribution < 1.29 is 14.4 Å². The molecule has 0 aliphatic carbocycles. The first-order chi connectivity index (χ1) is 11.0. The van der Waals surface area contributed by atoms with Gasteiger partial charge < -0.3 is 5.32 Å². The molecule has 0 unspecified atom stereocenters. The fourth-order valence-electron chi connectivity index (χ4n) is 2.42. The van der Waals surface area contributed by atoms with Crippen molar-refractivity contribution >= 4 is 51.7 Å². The first kappa shape index (κ1) is 15.7. The number of nitrogens with zero attached hydrogens (tertiary/aromatic N) is 1. The normalized spacial score (nSPS) is 14.2. The van der Waals surface area contributed by atoms with Gasteiger partial charge in [0.05, 0.1) is 5.69 Å². The molecule has 1 fully saturated rings. The third-order valence-electron chi connectivity index (χ3n) is 3.50. The van der Waals surface area contributed by atoms with Crippen LogP contribution in [0.1, 0.15) is 23.2 Å². The molecule has 1 aliphatic heterocycles. The van der Waals surface area contributed by atoms with Crippen molar-refractivity contribution in [2.45, 2.75) is 12.8 Å². The molecule has 116 valence electrons. The lowest BCUT2D eigenvalue weighted by molar-refractivity contribution is -0.121. The van der Waals surface area contributed by atoms with E-state index in [9.17, 15) is 14.4 Å². The SMILES string of the molecule is O=C(Nc1cccc(I)c1)c1cccc(N2C(=O)CCC2=O)c1. The Morgan fingerprint density at radius 3 is 2.39 bits per heavy atom. The second kappa shape index (κ2) is 6.49. The molecule has 1 N–H and O–H groups in total. The van der Waals surface area contributed by atoms with E-state index in [1.54, 1.807) is 30.3 Å². The average Bonchev–Trinajstić information content (AvgIpc) is 2.86. The Balaban J connectivity index is 1.83. The molecule has 0 atom stereocenters. The van der Waals surface area contributed by atoms with Crippen LogP contribution >= 0.6 is 22.6 Å². The number of rotatable bonds is 3. The maximum atomic E-state index is 12.4. The van der Waals surface area contributed by atoms with Crippen molar-refractivity contribution in [3.05, 3.63) is 57.7 Å². The molecule has 3 rings (SSSR count). The number of hydrogen-bond acceptors (Lipinski definition) is 3. The maximum absolute atomic E-state index is 12.4. The molecule has 6 heteroatoms. The Morgan fingerprint density at radius 2 is 1.70 bits per heavy atom. The summed E-state index contributed by atoms with van der Waals surface area (Å²) in [4.78, 5) is 37.1. The predicted octanol–water partition coefficient (Wildman–Crippen LogP) is 3.20. The van der Waals surface area contributed by atoms with Gasteiger partial charge in [-0.25, -0.2) is 0 Å². The van der Waals surface area contributed by atoms with E-state index < -0.39 is 0 Å². The molecule has 2 aromatic rings. The summed E-state index contributed by atoms with van der Waals surface area (Å²) in [5, 5.41) is 2.81. The quantitative estimate of drug-likeness (QED) is 0.613. The number of benzene rings is 2. The van der Waals surface area contributed by atoms with Crippen LogP contribution < -0.4 is 10.2 Å². The first-order valence-corrected chi connectivity index (χ1v) is 8.15. The third kappa shape index (κ3) is 3.42. The van der Waals surface area contributed by atoms with Crippen molar-refractivity contribution in [3.8, 4) is 0 Å². The predicted molar refractivity (Wildman–Crippen MR) is 95.3 cm³/mol. The monoisotopic (exact) mass is 420 g/mol. The van der Waals surface area contributed by atoms with E-state index in [1.165, 1.54) is 0 Å². The van der Waals surface area contributed by atoms with E-state index in [1.807, 2.05) is 18.2 Å². The van der Waals surface area contributed by atoms with Gasteiger partial charge in [-0.2, -0.15) is 0 Å². The van der Waals surface area contributed by atoms with Gasteiger partial charge in [0.15, 0.2) is 0 Å². The van der Waals surface area contributed by atoms with Crippen molar-refractivity contribution in [2.75, 3.05) is 10.2 Å². The number of nitrogens with one attached hydrogen (secondary N) is 1. The van der Waals surface area contributed by atoms with Crippen LogP contribution in [0.15, 0.2) is 48.5 Å². The van der Waals surface area contributed by atoms with Crippen molar-refractivity contribution in [1.29, 1.82) is 0 Å². The molecule has 0 radical (unpaired) electrons. The number of imide groups is 1. The highest BCUT2D eigenvalue weighted by Crippen LogP contribution is 2.24. The van der Waals surface area contributed by atoms with Crippen LogP contribution in [0.2, 0.25) is 0 Å². The fourth-order valence-corrected chi connectivity index (χ4v) is 2.96. The van der Waals surface area contributed by atoms with Gasteiger partial charge in [-0.15, -0.1) is 0 Å². The Kier molecular flexibility index (Phi) is 4.42. The van der Waals surface area contributed by atoms with Crippen molar-refractivity contribution in [2.24, 2.45) is 0 Å². The van der Waals surface area contributed by atoms with Crippen LogP contribution in [0.3, 0.4) is 0 Å². The lowest BCUT2D eigenvalue weighted by atomic mass is 10.1. The summed E-state index contributed by atoms with van der Waals surface area (Å²) in [5.74, 6) is -0.747. The van der Waals surface area contributed by atoms with Crippen LogP contribution in [-0.2, 0) is 9.59 Å². The fraction of sp³-hybridized carbons (Fsp3) is 0.118. The minimum absolute atomic E-state index is 0.220. The third-order valence-corrected chi connectivity index (χ3v) is 4.17. The van der Waals surface area contributed by atoms with E-state index in [2.05, 4.69) is 27.9 Å². The van der Waals surface area contributed by atoms with Crippen LogP contribution in [-0.4, -0.2) is 17.7 Å². The zero-order valence-corrected chi connectivity index (χ0v) is 14.2. The minimum Gasteiger partial charge on any atom is -0.322 e. The highest BCUT2D eigenvalue weighted by atomic mass is 127. The van der Waals surface area contributed by atoms with Crippen LogP contribution in [0.4, 0.5) is 11.4 Å². The van der Waals surface area contributed by atoms with Gasteiger partial charge in [0, 0.05) is 27.7 Å². The standard InChI is InChI=1S/C17H13IN2O3/c18-12-4-2-5-13(10-12)19-17(23)11-3-1-6-14(9-11)20-15(21)7-8-16(20)22/h1-6,9-10H,7-8H2,(H,19,23). The summed E-state index contributed by atoms with van der Waals surface area (Å²) in [6.45, 7) is 0. The number of carbonyl (C=O) groups excluding carboxylic acids is 3. The summed E-state index contributed by atoms with van der Waals surface area (Å²) in [7, 11) is 0. The van der Waals surface area contributed by atoms with Gasteiger partial charge >= 0.3 is 0 Å². The molecule has 1 heterocycles. The van der Waals surface area contributed by atoms with Crippen LogP contribution in [0, 0.1) is 3.57 Å². The van der Waals surface area contributed by atoms with Gasteiger partial charge in [-0.05, 0) is 59.0 Å². The first-order valence-electron chi connectivity index (χ1n) is 7.07. The van der Waals surface area contributed by atoms with E-state index in [-0.39, 0.29) is 30.6 Å². The number of anilines is 2. The Hall–Kier alpha value is -2.22. The van der Waals surface area contributed by atoms with Gasteiger partial charge in [0.2, 0.25) is 11.8 Å². The Bertz CT molecular complexity index is 788. The van der Waals surface area contributed by atoms with Gasteiger partial charge in [-0.3, -0.25) is 19.3 Å². The molecule has 5 nitrogen and oxygen atoms in total. The molecule has 1 saturated heterocycles. The molecule has 23 heavy (non-hydrogen) atoms. The van der Waals surface area contributed by atoms with Crippen LogP contribution in [0.5, 0.6) is 0 Å². The average molecular weight is 420 g/mol. The summed E-state index contributed by atoms with van der Waals surface area (Å²) in [6.07, 6.45) is 0.440. The lowest BCUT2D eigenvalue weighted by Gasteiger charge is -2.14. The lowest BCUT2D eigenvalue weighted by Crippen LogP contribution is -2.28. The van der Waals surface area contributed by atoms with E-state index in [0.29, 0.717) is 16.9 Å². The van der Waals surface area contributed by atoms with Crippen molar-refractivity contribution in [1.82, 2.24) is 0 Å². The molecular weight excluding hydrogens is 407 g/mol. The maximum Gasteiger partial charge on any atom is 0.255 e. The van der Waals surface area contributed by atoms with Gasteiger partial charge in [0.1, 0.15) is 0 Å². The number of carbonyl (C=O) groups is 3. The smallest absolute Gasteiger partial charge is 0.255 e. The molecule has 0 saturated carbocycles. The molecule has 0 bridgehead atoms. The highest BCUT2D eigenvalue weighted by Gasteiger charge is 2.30. The highest BCUT2D eigenvalue weighted by molar-refractivity contribution is 14.1. The zero-order chi connectivity index (χ0) is 16.4. The minimum atomic E-state index is -0.284. The molecule has 2 aromatic carbocycles. The Labute approximate surface area is 146 Å². The van der Waals surface area contributed by atoms with E-state index >= 15 is 0 Å². The molecular formula is C17H13IN2O3. The molecule has 3 amide bonds. The van der Waals surface area contributed by atoms with Gasteiger partial charge in [-0.1, -0.05) is 12.1 Å². The van der Waals surface area contributed by atoms with Gasteiger partial charge in [0.25, 0.3) is 5.91 Å². The van der Waals surface area contributed by atoms with E-state index in [0.717, 1.165) is 8.47 Å². The summed E-state index contributed by atoms with van der Waals surface area (Å²) in [6, 6.07) is 14.0. The summed E-state index contributed by atoms with van der Waals surface area (Å²) in [5.41, 5.74) is 1.53. The second-order valence-corrected chi connectivity index (χ2v) is 6.38. The van der Waals surface area contributed by atoms with Crippen molar-refractivity contribution in [3.63, 3.8) is 0 Å². The topological polar surface area (TPSA) is 66.5 Å². The molecule has 1 aliphatic rings. The van der Waals surface area contributed by atoms with E-state index in [4.69, 9.17) is 0 Å². The summed E-state index contributed by atoms with van der Waals surface area (Å²) >= 11 is 2.17. The zero-order valence-electron chi connectivity index (χ0n) is 12.1. The second-order valence-electron chi connectivity index (χ2n) is 5.14. The molecule has 0 aromatic heterocycles. The molecule has 0 spiro atoms.